The number of hydrogen-bond acceptors (Lipinski definition) is 4. The van der Waals surface area contributed by atoms with Crippen LogP contribution >= 0.6 is 27.3 Å². The second-order valence-corrected chi connectivity index (χ2v) is 6.02. The molecule has 1 N–H and O–H groups in total. The molecule has 0 spiro atoms. The van der Waals surface area contributed by atoms with Gasteiger partial charge in [0.1, 0.15) is 4.88 Å². The molecule has 0 aliphatic heterocycles. The Hall–Kier alpha value is -1.53. The van der Waals surface area contributed by atoms with E-state index >= 15 is 0 Å². The van der Waals surface area contributed by atoms with Crippen molar-refractivity contribution < 1.29 is 4.79 Å². The number of amides is 1. The third-order valence-electron chi connectivity index (χ3n) is 2.36. The Labute approximate surface area is 123 Å². The maximum Gasteiger partial charge on any atom is 0.283 e. The number of rotatable bonds is 3. The van der Waals surface area contributed by atoms with E-state index in [2.05, 4.69) is 31.4 Å². The Bertz CT molecular complexity index is 619. The van der Waals surface area contributed by atoms with Gasteiger partial charge >= 0.3 is 0 Å². The summed E-state index contributed by atoms with van der Waals surface area (Å²) < 4.78 is 1.00. The molecule has 1 heterocycles. The minimum atomic E-state index is -0.225. The number of carbonyl (C=O) groups excluding carboxylic acids is 1. The zero-order valence-corrected chi connectivity index (χ0v) is 12.9. The zero-order chi connectivity index (χ0) is 13.8. The van der Waals surface area contributed by atoms with Crippen molar-refractivity contribution in [2.75, 3.05) is 0 Å². The summed E-state index contributed by atoms with van der Waals surface area (Å²) in [5, 5.41) is 4.81. The number of nitrogens with zero attached hydrogens (tertiary/aromatic N) is 2. The SMILES string of the molecule is Cc1nc(C)c(C(=O)N/N=C/c2ccc(Br)cc2)s1. The molecule has 1 aromatic carbocycles. The summed E-state index contributed by atoms with van der Waals surface area (Å²) in [5.41, 5.74) is 4.16. The molecule has 0 atom stereocenters. The highest BCUT2D eigenvalue weighted by atomic mass is 79.9. The second-order valence-electron chi connectivity index (χ2n) is 3.90. The Morgan fingerprint density at radius 2 is 2.05 bits per heavy atom. The van der Waals surface area contributed by atoms with Gasteiger partial charge in [-0.05, 0) is 31.5 Å². The summed E-state index contributed by atoms with van der Waals surface area (Å²) in [6.45, 7) is 3.69. The van der Waals surface area contributed by atoms with Crippen LogP contribution in [-0.2, 0) is 0 Å². The highest BCUT2D eigenvalue weighted by Crippen LogP contribution is 2.16. The van der Waals surface area contributed by atoms with E-state index in [1.165, 1.54) is 11.3 Å². The van der Waals surface area contributed by atoms with Gasteiger partial charge in [-0.3, -0.25) is 4.79 Å². The van der Waals surface area contributed by atoms with Crippen molar-refractivity contribution in [1.82, 2.24) is 10.4 Å². The fourth-order valence-corrected chi connectivity index (χ4v) is 2.58. The molecule has 1 aromatic heterocycles. The number of carbonyl (C=O) groups is 1. The number of nitrogens with one attached hydrogen (secondary N) is 1. The van der Waals surface area contributed by atoms with E-state index in [0.29, 0.717) is 4.88 Å². The number of aromatic nitrogens is 1. The summed E-state index contributed by atoms with van der Waals surface area (Å²) in [7, 11) is 0. The van der Waals surface area contributed by atoms with Gasteiger partial charge in [-0.15, -0.1) is 11.3 Å². The molecule has 0 fully saturated rings. The summed E-state index contributed by atoms with van der Waals surface area (Å²) in [6, 6.07) is 7.64. The first kappa shape index (κ1) is 13.9. The van der Waals surface area contributed by atoms with Gasteiger partial charge in [-0.1, -0.05) is 28.1 Å². The van der Waals surface area contributed by atoms with Crippen LogP contribution in [0.3, 0.4) is 0 Å². The van der Waals surface area contributed by atoms with Crippen LogP contribution in [0.1, 0.15) is 25.9 Å². The smallest absolute Gasteiger partial charge is 0.266 e. The van der Waals surface area contributed by atoms with E-state index in [-0.39, 0.29) is 5.91 Å². The van der Waals surface area contributed by atoms with Gasteiger partial charge in [0, 0.05) is 4.47 Å². The quantitative estimate of drug-likeness (QED) is 0.690. The predicted molar refractivity (Wildman–Crippen MR) is 80.8 cm³/mol. The summed E-state index contributed by atoms with van der Waals surface area (Å²) in [6.07, 6.45) is 1.60. The fraction of sp³-hybridized carbons (Fsp3) is 0.154. The maximum atomic E-state index is 11.9. The van der Waals surface area contributed by atoms with E-state index in [1.54, 1.807) is 6.21 Å². The van der Waals surface area contributed by atoms with Gasteiger partial charge in [0.05, 0.1) is 16.9 Å². The maximum absolute atomic E-state index is 11.9. The number of aryl methyl sites for hydroxylation is 2. The van der Waals surface area contributed by atoms with Crippen LogP contribution in [-0.4, -0.2) is 17.1 Å². The number of hydrogen-bond donors (Lipinski definition) is 1. The van der Waals surface area contributed by atoms with Crippen LogP contribution in [0.15, 0.2) is 33.8 Å². The topological polar surface area (TPSA) is 54.4 Å². The second kappa shape index (κ2) is 6.08. The molecule has 2 aromatic rings. The Balaban J connectivity index is 2.00. The van der Waals surface area contributed by atoms with Gasteiger partial charge < -0.3 is 0 Å². The van der Waals surface area contributed by atoms with Gasteiger partial charge in [0.2, 0.25) is 0 Å². The molecule has 0 saturated heterocycles. The number of halogens is 1. The minimum Gasteiger partial charge on any atom is -0.266 e. The Kier molecular flexibility index (Phi) is 4.44. The Morgan fingerprint density at radius 3 is 2.63 bits per heavy atom. The first-order chi connectivity index (χ1) is 9.06. The fourth-order valence-electron chi connectivity index (χ4n) is 1.51. The van der Waals surface area contributed by atoms with Crippen LogP contribution in [0.5, 0.6) is 0 Å². The molecule has 98 valence electrons. The third kappa shape index (κ3) is 3.71. The predicted octanol–water partition coefficient (Wildman–Crippen LogP) is 3.29. The van der Waals surface area contributed by atoms with Crippen molar-refractivity contribution >= 4 is 39.4 Å². The molecular weight excluding hydrogens is 326 g/mol. The molecular formula is C13H12BrN3OS. The molecule has 1 amide bonds. The van der Waals surface area contributed by atoms with Crippen LogP contribution in [0, 0.1) is 13.8 Å². The first-order valence-corrected chi connectivity index (χ1v) is 7.20. The minimum absolute atomic E-state index is 0.225. The molecule has 0 aliphatic rings. The van der Waals surface area contributed by atoms with Crippen LogP contribution < -0.4 is 5.43 Å². The lowest BCUT2D eigenvalue weighted by Gasteiger charge is -1.97. The largest absolute Gasteiger partial charge is 0.283 e. The van der Waals surface area contributed by atoms with Crippen LogP contribution in [0.2, 0.25) is 0 Å². The highest BCUT2D eigenvalue weighted by Gasteiger charge is 2.12. The van der Waals surface area contributed by atoms with Crippen molar-refractivity contribution in [3.8, 4) is 0 Å². The van der Waals surface area contributed by atoms with Crippen molar-refractivity contribution in [3.05, 3.63) is 49.9 Å². The van der Waals surface area contributed by atoms with Crippen LogP contribution in [0.25, 0.3) is 0 Å². The standard InChI is InChI=1S/C13H12BrN3OS/c1-8-12(19-9(2)16-8)13(18)17-15-7-10-3-5-11(14)6-4-10/h3-7H,1-2H3,(H,17,18)/b15-7+. The molecule has 0 saturated carbocycles. The highest BCUT2D eigenvalue weighted by molar-refractivity contribution is 9.10. The van der Waals surface area contributed by atoms with E-state index in [4.69, 9.17) is 0 Å². The number of thiazole rings is 1. The molecule has 0 radical (unpaired) electrons. The van der Waals surface area contributed by atoms with Crippen molar-refractivity contribution in [3.63, 3.8) is 0 Å². The average molecular weight is 338 g/mol. The lowest BCUT2D eigenvalue weighted by molar-refractivity contribution is 0.0958. The molecule has 0 bridgehead atoms. The molecule has 6 heteroatoms. The van der Waals surface area contributed by atoms with Crippen molar-refractivity contribution in [1.29, 1.82) is 0 Å². The summed E-state index contributed by atoms with van der Waals surface area (Å²) >= 11 is 4.73. The lowest BCUT2D eigenvalue weighted by atomic mass is 10.2. The zero-order valence-electron chi connectivity index (χ0n) is 10.5. The van der Waals surface area contributed by atoms with E-state index in [1.807, 2.05) is 38.1 Å². The summed E-state index contributed by atoms with van der Waals surface area (Å²) in [4.78, 5) is 16.7. The number of hydrazone groups is 1. The van der Waals surface area contributed by atoms with Crippen LogP contribution in [0.4, 0.5) is 0 Å². The normalized spacial score (nSPS) is 10.9. The van der Waals surface area contributed by atoms with E-state index in [0.717, 1.165) is 20.7 Å². The van der Waals surface area contributed by atoms with Gasteiger partial charge in [0.15, 0.2) is 0 Å². The van der Waals surface area contributed by atoms with E-state index < -0.39 is 0 Å². The first-order valence-electron chi connectivity index (χ1n) is 5.59. The van der Waals surface area contributed by atoms with Crippen molar-refractivity contribution in [2.24, 2.45) is 5.10 Å². The van der Waals surface area contributed by atoms with Gasteiger partial charge in [0.25, 0.3) is 5.91 Å². The van der Waals surface area contributed by atoms with E-state index in [9.17, 15) is 4.79 Å². The molecule has 19 heavy (non-hydrogen) atoms. The molecule has 0 unspecified atom stereocenters. The molecule has 0 aliphatic carbocycles. The lowest BCUT2D eigenvalue weighted by Crippen LogP contribution is -2.17. The average Bonchev–Trinajstić information content (AvgIpc) is 2.71. The Morgan fingerprint density at radius 1 is 1.37 bits per heavy atom. The molecule has 4 nitrogen and oxygen atoms in total. The summed E-state index contributed by atoms with van der Waals surface area (Å²) in [5.74, 6) is -0.225. The van der Waals surface area contributed by atoms with Gasteiger partial charge in [-0.25, -0.2) is 10.4 Å². The van der Waals surface area contributed by atoms with Crippen molar-refractivity contribution in [2.45, 2.75) is 13.8 Å². The molecule has 2 rings (SSSR count). The monoisotopic (exact) mass is 337 g/mol. The van der Waals surface area contributed by atoms with Gasteiger partial charge in [-0.2, -0.15) is 5.10 Å². The number of benzene rings is 1. The third-order valence-corrected chi connectivity index (χ3v) is 3.96.